The van der Waals surface area contributed by atoms with Crippen molar-refractivity contribution in [2.24, 2.45) is 0 Å². The zero-order valence-electron chi connectivity index (χ0n) is 11.9. The van der Waals surface area contributed by atoms with Gasteiger partial charge in [-0.05, 0) is 32.4 Å². The Morgan fingerprint density at radius 3 is 3.14 bits per heavy atom. The van der Waals surface area contributed by atoms with Gasteiger partial charge in [0.1, 0.15) is 6.33 Å². The monoisotopic (exact) mass is 286 g/mol. The number of carbonyl (C=O) groups is 1. The van der Waals surface area contributed by atoms with Gasteiger partial charge in [0.05, 0.1) is 18.3 Å². The summed E-state index contributed by atoms with van der Waals surface area (Å²) in [6.45, 7) is 3.23. The van der Waals surface area contributed by atoms with Gasteiger partial charge in [-0.1, -0.05) is 0 Å². The highest BCUT2D eigenvalue weighted by atomic mass is 16.2. The zero-order chi connectivity index (χ0) is 14.7. The molecule has 0 aromatic carbocycles. The smallest absolute Gasteiger partial charge is 0.237 e. The summed E-state index contributed by atoms with van der Waals surface area (Å²) in [5, 5.41) is 6.10. The number of nitrogens with zero attached hydrogens (tertiary/aromatic N) is 4. The van der Waals surface area contributed by atoms with Gasteiger partial charge in [-0.3, -0.25) is 9.36 Å². The summed E-state index contributed by atoms with van der Waals surface area (Å²) in [4.78, 5) is 24.8. The van der Waals surface area contributed by atoms with E-state index >= 15 is 0 Å². The van der Waals surface area contributed by atoms with Crippen LogP contribution in [0, 0.1) is 6.92 Å². The van der Waals surface area contributed by atoms with E-state index in [-0.39, 0.29) is 11.9 Å². The largest absolute Gasteiger partial charge is 0.349 e. The molecule has 0 radical (unpaired) electrons. The Kier molecular flexibility index (Phi) is 3.92. The predicted molar refractivity (Wildman–Crippen MR) is 76.8 cm³/mol. The van der Waals surface area contributed by atoms with Gasteiger partial charge in [-0.15, -0.1) is 0 Å². The highest BCUT2D eigenvalue weighted by Crippen LogP contribution is 2.07. The minimum Gasteiger partial charge on any atom is -0.349 e. The molecule has 110 valence electrons. The van der Waals surface area contributed by atoms with Gasteiger partial charge in [-0.25, -0.2) is 15.0 Å². The van der Waals surface area contributed by atoms with Gasteiger partial charge < -0.3 is 10.6 Å². The van der Waals surface area contributed by atoms with Gasteiger partial charge in [0.15, 0.2) is 0 Å². The Balaban J connectivity index is 1.69. The number of aromatic nitrogens is 4. The van der Waals surface area contributed by atoms with Crippen LogP contribution in [-0.2, 0) is 11.3 Å². The Morgan fingerprint density at radius 1 is 1.52 bits per heavy atom. The van der Waals surface area contributed by atoms with Crippen LogP contribution in [0.1, 0.15) is 24.2 Å². The van der Waals surface area contributed by atoms with E-state index in [2.05, 4.69) is 25.6 Å². The molecule has 0 saturated carbocycles. The number of nitrogens with one attached hydrogen (secondary N) is 2. The van der Waals surface area contributed by atoms with Crippen molar-refractivity contribution in [2.45, 2.75) is 32.4 Å². The summed E-state index contributed by atoms with van der Waals surface area (Å²) < 4.78 is 1.75. The molecule has 1 atom stereocenters. The third-order valence-corrected chi connectivity index (χ3v) is 3.45. The molecule has 1 unspecified atom stereocenters. The summed E-state index contributed by atoms with van der Waals surface area (Å²) in [5.41, 5.74) is 1.65. The van der Waals surface area contributed by atoms with Crippen molar-refractivity contribution in [3.8, 4) is 5.95 Å². The highest BCUT2D eigenvalue weighted by molar-refractivity contribution is 5.81. The van der Waals surface area contributed by atoms with E-state index in [1.165, 1.54) is 0 Å². The highest BCUT2D eigenvalue weighted by Gasteiger charge is 2.21. The molecule has 1 saturated heterocycles. The molecule has 1 fully saturated rings. The second-order valence-corrected chi connectivity index (χ2v) is 5.14. The van der Waals surface area contributed by atoms with Gasteiger partial charge in [-0.2, -0.15) is 0 Å². The lowest BCUT2D eigenvalue weighted by Gasteiger charge is -2.11. The predicted octanol–water partition coefficient (Wildman–Crippen LogP) is 0.339. The Morgan fingerprint density at radius 2 is 2.43 bits per heavy atom. The van der Waals surface area contributed by atoms with E-state index in [1.807, 2.05) is 13.0 Å². The number of hydrogen-bond donors (Lipinski definition) is 2. The second kappa shape index (κ2) is 6.01. The molecule has 7 nitrogen and oxygen atoms in total. The van der Waals surface area contributed by atoms with Gasteiger partial charge in [0.2, 0.25) is 11.9 Å². The maximum atomic E-state index is 12.0. The maximum Gasteiger partial charge on any atom is 0.237 e. The molecule has 0 spiro atoms. The van der Waals surface area contributed by atoms with Crippen LogP contribution in [-0.4, -0.2) is 38.0 Å². The Labute approximate surface area is 122 Å². The molecular weight excluding hydrogens is 268 g/mol. The summed E-state index contributed by atoms with van der Waals surface area (Å²) in [5.74, 6) is 0.601. The van der Waals surface area contributed by atoms with Crippen molar-refractivity contribution < 1.29 is 4.79 Å². The van der Waals surface area contributed by atoms with Crippen LogP contribution in [0.15, 0.2) is 24.8 Å². The molecule has 0 aliphatic carbocycles. The van der Waals surface area contributed by atoms with E-state index in [0.717, 1.165) is 30.8 Å². The minimum atomic E-state index is -0.0685. The lowest BCUT2D eigenvalue weighted by atomic mass is 10.2. The summed E-state index contributed by atoms with van der Waals surface area (Å²) in [7, 11) is 0. The van der Waals surface area contributed by atoms with Crippen molar-refractivity contribution in [2.75, 3.05) is 6.54 Å². The Bertz CT molecular complexity index is 618. The molecule has 2 N–H and O–H groups in total. The molecule has 1 aliphatic rings. The van der Waals surface area contributed by atoms with Crippen LogP contribution in [0.2, 0.25) is 0 Å². The lowest BCUT2D eigenvalue weighted by molar-refractivity contribution is -0.122. The molecule has 0 bridgehead atoms. The van der Waals surface area contributed by atoms with Crippen LogP contribution in [0.3, 0.4) is 0 Å². The van der Waals surface area contributed by atoms with Crippen LogP contribution in [0.25, 0.3) is 5.95 Å². The molecular formula is C14H18N6O. The first-order valence-corrected chi connectivity index (χ1v) is 7.06. The summed E-state index contributed by atoms with van der Waals surface area (Å²) in [6, 6.07) is 1.81. The minimum absolute atomic E-state index is 0.0351. The topological polar surface area (TPSA) is 84.7 Å². The lowest BCUT2D eigenvalue weighted by Crippen LogP contribution is -2.40. The fraction of sp³-hybridized carbons (Fsp3) is 0.429. The van der Waals surface area contributed by atoms with E-state index in [4.69, 9.17) is 0 Å². The average molecular weight is 286 g/mol. The van der Waals surface area contributed by atoms with Crippen molar-refractivity contribution in [3.63, 3.8) is 0 Å². The first-order valence-electron chi connectivity index (χ1n) is 7.06. The van der Waals surface area contributed by atoms with E-state index in [1.54, 1.807) is 23.3 Å². The fourth-order valence-electron chi connectivity index (χ4n) is 2.41. The van der Waals surface area contributed by atoms with Crippen molar-refractivity contribution >= 4 is 5.91 Å². The number of aryl methyl sites for hydroxylation is 1. The van der Waals surface area contributed by atoms with Crippen molar-refractivity contribution in [1.29, 1.82) is 0 Å². The number of amides is 1. The Hall–Kier alpha value is -2.28. The quantitative estimate of drug-likeness (QED) is 0.846. The molecule has 2 aromatic rings. The molecule has 3 heterocycles. The zero-order valence-corrected chi connectivity index (χ0v) is 11.9. The maximum absolute atomic E-state index is 12.0. The van der Waals surface area contributed by atoms with Gasteiger partial charge in [0.25, 0.3) is 0 Å². The van der Waals surface area contributed by atoms with E-state index in [0.29, 0.717) is 12.5 Å². The number of carbonyl (C=O) groups excluding carboxylic acids is 1. The summed E-state index contributed by atoms with van der Waals surface area (Å²) >= 11 is 0. The molecule has 3 rings (SSSR count). The third kappa shape index (κ3) is 3.25. The van der Waals surface area contributed by atoms with Crippen molar-refractivity contribution in [3.05, 3.63) is 36.2 Å². The van der Waals surface area contributed by atoms with Crippen LogP contribution in [0.5, 0.6) is 0 Å². The number of imidazole rings is 1. The standard InChI is InChI=1S/C14H18N6O/c1-10-7-11(8-17-13(21)12-3-2-4-16-12)19-14(18-10)20-6-5-15-9-20/h5-7,9,12,16H,2-4,8H2,1H3,(H,17,21). The fourth-order valence-corrected chi connectivity index (χ4v) is 2.41. The van der Waals surface area contributed by atoms with E-state index < -0.39 is 0 Å². The first kappa shape index (κ1) is 13.7. The number of hydrogen-bond acceptors (Lipinski definition) is 5. The van der Waals surface area contributed by atoms with Crippen LogP contribution >= 0.6 is 0 Å². The average Bonchev–Trinajstić information content (AvgIpc) is 3.16. The first-order chi connectivity index (χ1) is 10.2. The SMILES string of the molecule is Cc1cc(CNC(=O)C2CCCN2)nc(-n2ccnc2)n1. The molecule has 2 aromatic heterocycles. The second-order valence-electron chi connectivity index (χ2n) is 5.14. The van der Waals surface area contributed by atoms with Gasteiger partial charge >= 0.3 is 0 Å². The number of rotatable bonds is 4. The van der Waals surface area contributed by atoms with E-state index in [9.17, 15) is 4.79 Å². The summed E-state index contributed by atoms with van der Waals surface area (Å²) in [6.07, 6.45) is 7.07. The van der Waals surface area contributed by atoms with Crippen LogP contribution < -0.4 is 10.6 Å². The van der Waals surface area contributed by atoms with Gasteiger partial charge in [0, 0.05) is 18.1 Å². The normalized spacial score (nSPS) is 17.9. The molecule has 1 amide bonds. The molecule has 7 heteroatoms. The third-order valence-electron chi connectivity index (χ3n) is 3.45. The van der Waals surface area contributed by atoms with Crippen LogP contribution in [0.4, 0.5) is 0 Å². The molecule has 1 aliphatic heterocycles. The van der Waals surface area contributed by atoms with Crippen molar-refractivity contribution in [1.82, 2.24) is 30.2 Å². The molecule has 21 heavy (non-hydrogen) atoms.